The molecule has 0 aliphatic heterocycles. The Morgan fingerprint density at radius 2 is 0.941 bits per heavy atom. The Hall–Kier alpha value is -3.47. The summed E-state index contributed by atoms with van der Waals surface area (Å²) in [6.45, 7) is 24.5. The van der Waals surface area contributed by atoms with Crippen molar-refractivity contribution >= 4 is 5.78 Å². The Balaban J connectivity index is 0.000000393. The number of para-hydroxylation sites is 3. The molecular weight excluding hydrogens is 640 g/mol. The second kappa shape index (κ2) is 27.2. The summed E-state index contributed by atoms with van der Waals surface area (Å²) in [4.78, 5) is 10.7. The largest absolute Gasteiger partial charge is 0.491 e. The Morgan fingerprint density at radius 3 is 1.31 bits per heavy atom. The van der Waals surface area contributed by atoms with Crippen molar-refractivity contribution in [2.75, 3.05) is 59.2 Å². The summed E-state index contributed by atoms with van der Waals surface area (Å²) in [5, 5.41) is 6.84. The number of ketones is 1. The molecule has 9 heteroatoms. The van der Waals surface area contributed by atoms with Crippen LogP contribution in [-0.4, -0.2) is 77.1 Å². The first-order chi connectivity index (χ1) is 24.4. The summed E-state index contributed by atoms with van der Waals surface area (Å²) in [6, 6.07) is 19.0. The molecule has 0 bridgehead atoms. The van der Waals surface area contributed by atoms with E-state index < -0.39 is 0 Å². The van der Waals surface area contributed by atoms with E-state index in [0.29, 0.717) is 31.8 Å². The lowest BCUT2D eigenvalue weighted by atomic mass is 10.1. The molecule has 3 rings (SSSR count). The fourth-order valence-electron chi connectivity index (χ4n) is 5.05. The van der Waals surface area contributed by atoms with Crippen molar-refractivity contribution in [2.45, 2.75) is 93.7 Å². The zero-order valence-electron chi connectivity index (χ0n) is 33.0. The standard InChI is InChI=1S/C17H30N2O2.C14H24N2O.C11H14O2/c1-14-7-4-8-15(2)17(14)21-13-16(3)19-10-6-12-20-11-5-9-18;1-11-6-4-7-12(2)14(11)17-10-13(3)16-9-5-8-15;1-8-5-4-6-9(2)11(8)13-7-10(3)12/h4,7-8,16,19H,5-6,9-13,18H2,1-3H3;4,6-7,13,16H,5,8-10,15H2,1-3H3;4-6H,7H2,1-3H3. The molecule has 2 atom stereocenters. The van der Waals surface area contributed by atoms with Crippen LogP contribution in [0.25, 0.3) is 0 Å². The lowest BCUT2D eigenvalue weighted by Crippen LogP contribution is -2.33. The Labute approximate surface area is 309 Å². The van der Waals surface area contributed by atoms with Crippen molar-refractivity contribution in [3.63, 3.8) is 0 Å². The number of hydrogen-bond donors (Lipinski definition) is 4. The fourth-order valence-corrected chi connectivity index (χ4v) is 5.05. The third-order valence-corrected chi connectivity index (χ3v) is 7.93. The highest BCUT2D eigenvalue weighted by molar-refractivity contribution is 5.77. The number of nitrogens with two attached hydrogens (primary N) is 2. The summed E-state index contributed by atoms with van der Waals surface area (Å²) in [5.41, 5.74) is 17.8. The molecule has 0 saturated carbocycles. The van der Waals surface area contributed by atoms with Crippen molar-refractivity contribution in [1.29, 1.82) is 0 Å². The topological polar surface area (TPSA) is 130 Å². The number of aryl methyl sites for hydroxylation is 6. The summed E-state index contributed by atoms with van der Waals surface area (Å²) in [6.07, 6.45) is 2.96. The predicted molar refractivity (Wildman–Crippen MR) is 213 cm³/mol. The van der Waals surface area contributed by atoms with Crippen LogP contribution in [0.5, 0.6) is 17.2 Å². The molecule has 0 amide bonds. The Kier molecular flexibility index (Phi) is 24.3. The van der Waals surface area contributed by atoms with E-state index in [4.69, 9.17) is 30.4 Å². The van der Waals surface area contributed by atoms with Crippen LogP contribution in [0, 0.1) is 41.5 Å². The van der Waals surface area contributed by atoms with Gasteiger partial charge < -0.3 is 41.0 Å². The monoisotopic (exact) mass is 709 g/mol. The third-order valence-electron chi connectivity index (χ3n) is 7.93. The Bertz CT molecular complexity index is 1320. The molecule has 51 heavy (non-hydrogen) atoms. The zero-order chi connectivity index (χ0) is 38.0. The van der Waals surface area contributed by atoms with E-state index in [1.54, 1.807) is 0 Å². The second-order valence-electron chi connectivity index (χ2n) is 13.2. The predicted octanol–water partition coefficient (Wildman–Crippen LogP) is 6.70. The summed E-state index contributed by atoms with van der Waals surface area (Å²) >= 11 is 0. The molecule has 0 saturated heterocycles. The average Bonchev–Trinajstić information content (AvgIpc) is 3.08. The van der Waals surface area contributed by atoms with Gasteiger partial charge in [0.1, 0.15) is 37.1 Å². The first-order valence-electron chi connectivity index (χ1n) is 18.4. The molecule has 0 fully saturated rings. The molecular formula is C42H68N4O5. The van der Waals surface area contributed by atoms with E-state index in [1.807, 2.05) is 32.0 Å². The van der Waals surface area contributed by atoms with Crippen molar-refractivity contribution in [3.8, 4) is 17.2 Å². The highest BCUT2D eigenvalue weighted by atomic mass is 16.5. The van der Waals surface area contributed by atoms with E-state index in [2.05, 4.69) is 88.6 Å². The number of rotatable bonds is 21. The molecule has 0 heterocycles. The van der Waals surface area contributed by atoms with Gasteiger partial charge in [0.2, 0.25) is 0 Å². The molecule has 0 radical (unpaired) electrons. The van der Waals surface area contributed by atoms with Crippen LogP contribution in [0.2, 0.25) is 0 Å². The quantitative estimate of drug-likeness (QED) is 0.0894. The summed E-state index contributed by atoms with van der Waals surface area (Å²) < 4.78 is 22.6. The van der Waals surface area contributed by atoms with Crippen LogP contribution < -0.4 is 36.3 Å². The van der Waals surface area contributed by atoms with Crippen molar-refractivity contribution in [2.24, 2.45) is 11.5 Å². The average molecular weight is 709 g/mol. The number of carbonyl (C=O) groups is 1. The van der Waals surface area contributed by atoms with Gasteiger partial charge in [0.15, 0.2) is 5.78 Å². The van der Waals surface area contributed by atoms with Gasteiger partial charge in [0.25, 0.3) is 0 Å². The molecule has 286 valence electrons. The highest BCUT2D eigenvalue weighted by Gasteiger charge is 2.08. The maximum atomic E-state index is 10.7. The minimum atomic E-state index is 0.0441. The molecule has 3 aromatic carbocycles. The molecule has 0 aromatic heterocycles. The maximum absolute atomic E-state index is 10.7. The summed E-state index contributed by atoms with van der Waals surface area (Å²) in [7, 11) is 0. The van der Waals surface area contributed by atoms with Gasteiger partial charge in [-0.3, -0.25) is 4.79 Å². The number of Topliss-reactive ketones (excluding diaryl/α,β-unsaturated/α-hetero) is 1. The van der Waals surface area contributed by atoms with E-state index in [9.17, 15) is 4.79 Å². The van der Waals surface area contributed by atoms with Gasteiger partial charge in [-0.25, -0.2) is 0 Å². The first kappa shape index (κ1) is 45.6. The number of carbonyl (C=O) groups excluding carboxylic acids is 1. The van der Waals surface area contributed by atoms with Gasteiger partial charge >= 0.3 is 0 Å². The van der Waals surface area contributed by atoms with Crippen LogP contribution in [0.4, 0.5) is 0 Å². The van der Waals surface area contributed by atoms with Gasteiger partial charge in [0, 0.05) is 25.3 Å². The third kappa shape index (κ3) is 20.2. The van der Waals surface area contributed by atoms with Gasteiger partial charge in [0.05, 0.1) is 0 Å². The van der Waals surface area contributed by atoms with E-state index >= 15 is 0 Å². The fraction of sp³-hybridized carbons (Fsp3) is 0.548. The van der Waals surface area contributed by atoms with Crippen LogP contribution in [0.15, 0.2) is 54.6 Å². The SMILES string of the molecule is CC(=O)COc1c(C)cccc1C.Cc1cccc(C)c1OCC(C)NCCCN.Cc1cccc(C)c1OCC(C)NCCCOCCCN. The molecule has 0 aliphatic carbocycles. The number of ether oxygens (including phenoxy) is 4. The first-order valence-corrected chi connectivity index (χ1v) is 18.4. The van der Waals surface area contributed by atoms with Crippen molar-refractivity contribution < 1.29 is 23.7 Å². The van der Waals surface area contributed by atoms with Crippen molar-refractivity contribution in [3.05, 3.63) is 88.0 Å². The van der Waals surface area contributed by atoms with Crippen LogP contribution in [0.1, 0.15) is 73.4 Å². The smallest absolute Gasteiger partial charge is 0.167 e. The minimum absolute atomic E-state index is 0.0441. The Morgan fingerprint density at radius 1 is 0.588 bits per heavy atom. The minimum Gasteiger partial charge on any atom is -0.491 e. The molecule has 3 aromatic rings. The zero-order valence-corrected chi connectivity index (χ0v) is 33.0. The molecule has 0 aliphatic rings. The molecule has 2 unspecified atom stereocenters. The number of nitrogens with one attached hydrogen (secondary N) is 2. The van der Waals surface area contributed by atoms with Gasteiger partial charge in [-0.2, -0.15) is 0 Å². The lowest BCUT2D eigenvalue weighted by molar-refractivity contribution is -0.118. The van der Waals surface area contributed by atoms with Crippen molar-refractivity contribution in [1.82, 2.24) is 10.6 Å². The molecule has 0 spiro atoms. The van der Waals surface area contributed by atoms with E-state index in [1.165, 1.54) is 29.2 Å². The van der Waals surface area contributed by atoms with Gasteiger partial charge in [-0.05, 0) is 141 Å². The normalized spacial score (nSPS) is 11.7. The van der Waals surface area contributed by atoms with Crippen LogP contribution >= 0.6 is 0 Å². The summed E-state index contributed by atoms with van der Waals surface area (Å²) in [5.74, 6) is 2.90. The van der Waals surface area contributed by atoms with E-state index in [-0.39, 0.29) is 12.4 Å². The van der Waals surface area contributed by atoms with Crippen LogP contribution in [0.3, 0.4) is 0 Å². The van der Waals surface area contributed by atoms with Gasteiger partial charge in [-0.1, -0.05) is 54.6 Å². The molecule has 9 nitrogen and oxygen atoms in total. The maximum Gasteiger partial charge on any atom is 0.167 e. The second-order valence-corrected chi connectivity index (χ2v) is 13.2. The van der Waals surface area contributed by atoms with E-state index in [0.717, 1.165) is 80.5 Å². The van der Waals surface area contributed by atoms with Gasteiger partial charge in [-0.15, -0.1) is 0 Å². The molecule has 6 N–H and O–H groups in total. The highest BCUT2D eigenvalue weighted by Crippen LogP contribution is 2.24. The van der Waals surface area contributed by atoms with Crippen LogP contribution in [-0.2, 0) is 9.53 Å². The number of benzene rings is 3. The lowest BCUT2D eigenvalue weighted by Gasteiger charge is -2.17. The number of hydrogen-bond acceptors (Lipinski definition) is 9.